The van der Waals surface area contributed by atoms with Crippen LogP contribution >= 0.6 is 24.0 Å². The van der Waals surface area contributed by atoms with E-state index in [2.05, 4.69) is 92.7 Å². The molecule has 0 spiro atoms. The Morgan fingerprint density at radius 2 is 1.66 bits per heavy atom. The molecule has 6 nitrogen and oxygen atoms in total. The molecule has 0 aromatic heterocycles. The molecule has 184 valence electrons. The van der Waals surface area contributed by atoms with Gasteiger partial charge in [0, 0.05) is 56.5 Å². The van der Waals surface area contributed by atoms with Crippen molar-refractivity contribution in [3.8, 4) is 0 Å². The molecule has 3 N–H and O–H groups in total. The number of nitrogens with zero attached hydrogens (tertiary/aromatic N) is 2. The Bertz CT molecular complexity index is 639. The SMILES string of the molecule is CCNC(=NCC1(NC(C)c2ccccc2)CCOCC1)NCCN(C(C)C)C(C)C.I. The number of hydrogen-bond acceptors (Lipinski definition) is 4. The van der Waals surface area contributed by atoms with Gasteiger partial charge in [-0.2, -0.15) is 0 Å². The van der Waals surface area contributed by atoms with Gasteiger partial charge >= 0.3 is 0 Å². The standard InChI is InChI=1S/C25H45N5O.HI/c1-7-26-24(27-15-16-30(20(2)3)21(4)5)28-19-25(13-17-31-18-14-25)29-22(6)23-11-9-8-10-12-23;/h8-12,20-22,29H,7,13-19H2,1-6H3,(H2,26,27,28);1H. The molecule has 1 aromatic carbocycles. The Hall–Kier alpha value is -0.900. The van der Waals surface area contributed by atoms with Crippen LogP contribution in [0.2, 0.25) is 0 Å². The van der Waals surface area contributed by atoms with Gasteiger partial charge in [0.1, 0.15) is 0 Å². The summed E-state index contributed by atoms with van der Waals surface area (Å²) < 4.78 is 5.68. The fraction of sp³-hybridized carbons (Fsp3) is 0.720. The predicted octanol–water partition coefficient (Wildman–Crippen LogP) is 4.18. The molecule has 0 amide bonds. The van der Waals surface area contributed by atoms with Crippen LogP contribution in [0.15, 0.2) is 35.3 Å². The lowest BCUT2D eigenvalue weighted by Crippen LogP contribution is -2.53. The van der Waals surface area contributed by atoms with E-state index in [1.165, 1.54) is 5.56 Å². The first-order valence-electron chi connectivity index (χ1n) is 12.0. The van der Waals surface area contributed by atoms with E-state index in [9.17, 15) is 0 Å². The number of halogens is 1. The highest BCUT2D eigenvalue weighted by atomic mass is 127. The van der Waals surface area contributed by atoms with Crippen LogP contribution in [0.1, 0.15) is 66.0 Å². The number of rotatable bonds is 11. The first-order valence-corrected chi connectivity index (χ1v) is 12.0. The summed E-state index contributed by atoms with van der Waals surface area (Å²) in [6, 6.07) is 12.0. The second-order valence-electron chi connectivity index (χ2n) is 9.22. The Kier molecular flexibility index (Phi) is 13.7. The summed E-state index contributed by atoms with van der Waals surface area (Å²) in [4.78, 5) is 7.50. The van der Waals surface area contributed by atoms with E-state index in [1.807, 2.05) is 0 Å². The van der Waals surface area contributed by atoms with Gasteiger partial charge in [0.05, 0.1) is 6.54 Å². The van der Waals surface area contributed by atoms with E-state index in [-0.39, 0.29) is 35.6 Å². The average Bonchev–Trinajstić information content (AvgIpc) is 2.75. The minimum absolute atomic E-state index is 0. The van der Waals surface area contributed by atoms with Gasteiger partial charge in [0.15, 0.2) is 5.96 Å². The first kappa shape index (κ1) is 29.1. The van der Waals surface area contributed by atoms with E-state index in [0.717, 1.165) is 58.2 Å². The van der Waals surface area contributed by atoms with Crippen LogP contribution < -0.4 is 16.0 Å². The van der Waals surface area contributed by atoms with Gasteiger partial charge in [-0.05, 0) is 59.9 Å². The second kappa shape index (κ2) is 15.1. The molecular weight excluding hydrogens is 513 g/mol. The normalized spacial score (nSPS) is 17.3. The molecule has 1 aromatic rings. The molecule has 0 aliphatic carbocycles. The van der Waals surface area contributed by atoms with Crippen molar-refractivity contribution >= 4 is 29.9 Å². The largest absolute Gasteiger partial charge is 0.381 e. The summed E-state index contributed by atoms with van der Waals surface area (Å²) in [5.41, 5.74) is 1.27. The van der Waals surface area contributed by atoms with E-state index >= 15 is 0 Å². The number of ether oxygens (including phenoxy) is 1. The zero-order chi connectivity index (χ0) is 22.7. The Labute approximate surface area is 213 Å². The highest BCUT2D eigenvalue weighted by Gasteiger charge is 2.34. The van der Waals surface area contributed by atoms with E-state index in [4.69, 9.17) is 9.73 Å². The van der Waals surface area contributed by atoms with Crippen molar-refractivity contribution < 1.29 is 4.74 Å². The molecule has 1 heterocycles. The van der Waals surface area contributed by atoms with E-state index in [0.29, 0.717) is 12.1 Å². The summed E-state index contributed by atoms with van der Waals surface area (Å²) in [6.07, 6.45) is 1.95. The monoisotopic (exact) mass is 559 g/mol. The van der Waals surface area contributed by atoms with Crippen molar-refractivity contribution in [2.75, 3.05) is 39.4 Å². The predicted molar refractivity (Wildman–Crippen MR) is 147 cm³/mol. The molecule has 1 aliphatic heterocycles. The Morgan fingerprint density at radius 3 is 2.22 bits per heavy atom. The zero-order valence-corrected chi connectivity index (χ0v) is 23.3. The number of nitrogens with one attached hydrogen (secondary N) is 3. The number of hydrogen-bond donors (Lipinski definition) is 3. The third-order valence-corrected chi connectivity index (χ3v) is 6.15. The van der Waals surface area contributed by atoms with Gasteiger partial charge < -0.3 is 20.7 Å². The maximum absolute atomic E-state index is 5.68. The second-order valence-corrected chi connectivity index (χ2v) is 9.22. The minimum Gasteiger partial charge on any atom is -0.381 e. The van der Waals surface area contributed by atoms with E-state index in [1.54, 1.807) is 0 Å². The lowest BCUT2D eigenvalue weighted by Gasteiger charge is -2.39. The summed E-state index contributed by atoms with van der Waals surface area (Å²) in [6.45, 7) is 18.4. The zero-order valence-electron chi connectivity index (χ0n) is 21.0. The van der Waals surface area contributed by atoms with Crippen LogP contribution in [0.4, 0.5) is 0 Å². The molecule has 1 atom stereocenters. The average molecular weight is 560 g/mol. The molecule has 1 saturated heterocycles. The summed E-state index contributed by atoms with van der Waals surface area (Å²) >= 11 is 0. The van der Waals surface area contributed by atoms with Crippen LogP contribution in [0.5, 0.6) is 0 Å². The Balaban J connectivity index is 0.00000512. The van der Waals surface area contributed by atoms with E-state index < -0.39 is 0 Å². The smallest absolute Gasteiger partial charge is 0.191 e. The van der Waals surface area contributed by atoms with Gasteiger partial charge in [-0.25, -0.2) is 0 Å². The summed E-state index contributed by atoms with van der Waals surface area (Å²) in [5.74, 6) is 0.898. The van der Waals surface area contributed by atoms with Crippen molar-refractivity contribution in [3.05, 3.63) is 35.9 Å². The maximum Gasteiger partial charge on any atom is 0.191 e. The lowest BCUT2D eigenvalue weighted by molar-refractivity contribution is 0.0374. The lowest BCUT2D eigenvalue weighted by atomic mass is 9.88. The third kappa shape index (κ3) is 9.53. The van der Waals surface area contributed by atoms with Gasteiger partial charge in [-0.1, -0.05) is 30.3 Å². The molecule has 2 rings (SSSR count). The molecule has 7 heteroatoms. The first-order chi connectivity index (χ1) is 14.9. The maximum atomic E-state index is 5.68. The summed E-state index contributed by atoms with van der Waals surface area (Å²) in [5, 5.41) is 10.9. The van der Waals surface area contributed by atoms with Gasteiger partial charge in [-0.15, -0.1) is 24.0 Å². The highest BCUT2D eigenvalue weighted by molar-refractivity contribution is 14.0. The molecule has 1 unspecified atom stereocenters. The van der Waals surface area contributed by atoms with Gasteiger partial charge in [0.25, 0.3) is 0 Å². The van der Waals surface area contributed by atoms with Crippen LogP contribution in [0.25, 0.3) is 0 Å². The Morgan fingerprint density at radius 1 is 1.03 bits per heavy atom. The van der Waals surface area contributed by atoms with Crippen molar-refractivity contribution in [3.63, 3.8) is 0 Å². The third-order valence-electron chi connectivity index (χ3n) is 6.15. The number of aliphatic imine (C=N–C) groups is 1. The van der Waals surface area contributed by atoms with Crippen molar-refractivity contribution in [1.82, 2.24) is 20.9 Å². The van der Waals surface area contributed by atoms with Crippen LogP contribution in [0, 0.1) is 0 Å². The van der Waals surface area contributed by atoms with Crippen molar-refractivity contribution in [2.45, 2.75) is 78.0 Å². The van der Waals surface area contributed by atoms with Crippen molar-refractivity contribution in [1.29, 1.82) is 0 Å². The fourth-order valence-corrected chi connectivity index (χ4v) is 4.38. The summed E-state index contributed by atoms with van der Waals surface area (Å²) in [7, 11) is 0. The van der Waals surface area contributed by atoms with Gasteiger partial charge in [0.2, 0.25) is 0 Å². The molecule has 0 saturated carbocycles. The molecule has 0 bridgehead atoms. The molecule has 1 fully saturated rings. The highest BCUT2D eigenvalue weighted by Crippen LogP contribution is 2.26. The molecule has 0 radical (unpaired) electrons. The van der Waals surface area contributed by atoms with Crippen LogP contribution in [-0.4, -0.2) is 67.9 Å². The molecular formula is C25H46IN5O. The van der Waals surface area contributed by atoms with Crippen LogP contribution in [0.3, 0.4) is 0 Å². The fourth-order valence-electron chi connectivity index (χ4n) is 4.38. The van der Waals surface area contributed by atoms with Gasteiger partial charge in [-0.3, -0.25) is 9.89 Å². The van der Waals surface area contributed by atoms with Crippen molar-refractivity contribution in [2.24, 2.45) is 4.99 Å². The molecule has 32 heavy (non-hydrogen) atoms. The minimum atomic E-state index is -0.0439. The quantitative estimate of drug-likeness (QED) is 0.216. The topological polar surface area (TPSA) is 60.9 Å². The number of guanidine groups is 1. The molecule has 1 aliphatic rings. The number of benzene rings is 1. The van der Waals surface area contributed by atoms with Crippen LogP contribution in [-0.2, 0) is 4.74 Å².